The van der Waals surface area contributed by atoms with Crippen molar-refractivity contribution in [3.05, 3.63) is 66.5 Å². The van der Waals surface area contributed by atoms with Gasteiger partial charge in [0.25, 0.3) is 0 Å². The van der Waals surface area contributed by atoms with Crippen LogP contribution in [0.3, 0.4) is 0 Å². The highest BCUT2D eigenvalue weighted by Gasteiger charge is 2.13. The predicted octanol–water partition coefficient (Wildman–Crippen LogP) is 2.81. The summed E-state index contributed by atoms with van der Waals surface area (Å²) in [5.41, 5.74) is 2.63. The summed E-state index contributed by atoms with van der Waals surface area (Å²) in [6.07, 6.45) is 6.61. The maximum absolute atomic E-state index is 14.2. The monoisotopic (exact) mass is 226 g/mol. The first-order valence-electron chi connectivity index (χ1n) is 5.57. The molecule has 0 nitrogen and oxygen atoms in total. The maximum Gasteiger partial charge on any atom is 0.130 e. The van der Waals surface area contributed by atoms with Gasteiger partial charge < -0.3 is 0 Å². The average Bonchev–Trinajstić information content (AvgIpc) is 2.30. The van der Waals surface area contributed by atoms with Gasteiger partial charge in [-0.05, 0) is 36.0 Å². The van der Waals surface area contributed by atoms with Crippen molar-refractivity contribution in [2.45, 2.75) is 19.3 Å². The molecule has 0 aliphatic rings. The number of hydrogen-bond donors (Lipinski definition) is 0. The van der Waals surface area contributed by atoms with Crippen molar-refractivity contribution in [3.8, 4) is 0 Å². The molecule has 0 aromatic heterocycles. The minimum atomic E-state index is -0.198. The summed E-state index contributed by atoms with van der Waals surface area (Å²) in [4.78, 5) is 0. The zero-order valence-electron chi connectivity index (χ0n) is 10.0. The van der Waals surface area contributed by atoms with Gasteiger partial charge in [0.1, 0.15) is 13.7 Å². The molecule has 17 heavy (non-hydrogen) atoms. The molecule has 0 unspecified atom stereocenters. The predicted molar refractivity (Wildman–Crippen MR) is 73.5 cm³/mol. The lowest BCUT2D eigenvalue weighted by Crippen LogP contribution is -2.17. The highest BCUT2D eigenvalue weighted by Crippen LogP contribution is 2.19. The van der Waals surface area contributed by atoms with Crippen LogP contribution in [0.2, 0.25) is 0 Å². The molecule has 0 aliphatic carbocycles. The van der Waals surface area contributed by atoms with E-state index in [-0.39, 0.29) is 5.82 Å². The molecule has 2 radical (unpaired) electrons. The molecule has 0 spiro atoms. The Labute approximate surface area is 104 Å². The molecule has 0 saturated heterocycles. The Kier molecular flexibility index (Phi) is 4.95. The lowest BCUT2D eigenvalue weighted by molar-refractivity contribution is 0.600. The Balaban J connectivity index is 3.39. The van der Waals surface area contributed by atoms with Crippen molar-refractivity contribution >= 4 is 13.3 Å². The molecule has 0 heterocycles. The molecule has 0 aliphatic heterocycles. The Hall–Kier alpha value is -1.57. The lowest BCUT2D eigenvalue weighted by atomic mass is 9.82. The van der Waals surface area contributed by atoms with E-state index in [0.717, 1.165) is 5.56 Å². The van der Waals surface area contributed by atoms with E-state index in [1.807, 2.05) is 0 Å². The van der Waals surface area contributed by atoms with Crippen LogP contribution in [-0.4, -0.2) is 7.85 Å². The van der Waals surface area contributed by atoms with Crippen LogP contribution in [0.5, 0.6) is 0 Å². The van der Waals surface area contributed by atoms with Gasteiger partial charge in [0.05, 0.1) is 0 Å². The van der Waals surface area contributed by atoms with Gasteiger partial charge >= 0.3 is 0 Å². The van der Waals surface area contributed by atoms with Gasteiger partial charge in [-0.15, -0.1) is 19.7 Å². The van der Waals surface area contributed by atoms with E-state index in [4.69, 9.17) is 7.85 Å². The van der Waals surface area contributed by atoms with Crippen LogP contribution < -0.4 is 5.46 Å². The van der Waals surface area contributed by atoms with Crippen LogP contribution in [0.15, 0.2) is 44.0 Å². The van der Waals surface area contributed by atoms with Crippen LogP contribution >= 0.6 is 0 Å². The van der Waals surface area contributed by atoms with Gasteiger partial charge in [-0.2, -0.15) is 0 Å². The molecule has 1 aromatic rings. The Morgan fingerprint density at radius 3 is 2.06 bits per heavy atom. The molecule has 2 heteroatoms. The van der Waals surface area contributed by atoms with Crippen LogP contribution in [0.25, 0.3) is 0 Å². The van der Waals surface area contributed by atoms with E-state index in [9.17, 15) is 4.39 Å². The molecule has 0 fully saturated rings. The maximum atomic E-state index is 14.2. The average molecular weight is 226 g/mol. The van der Waals surface area contributed by atoms with Crippen molar-refractivity contribution in [3.63, 3.8) is 0 Å². The third-order valence-electron chi connectivity index (χ3n) is 2.65. The van der Waals surface area contributed by atoms with Gasteiger partial charge in [0.2, 0.25) is 0 Å². The minimum absolute atomic E-state index is 0.198. The summed E-state index contributed by atoms with van der Waals surface area (Å²) >= 11 is 0. The highest BCUT2D eigenvalue weighted by atomic mass is 19.1. The molecule has 0 atom stereocenters. The van der Waals surface area contributed by atoms with Crippen molar-refractivity contribution in [2.24, 2.45) is 0 Å². The molecule has 0 saturated carbocycles. The number of benzene rings is 1. The van der Waals surface area contributed by atoms with Crippen LogP contribution in [0.4, 0.5) is 4.39 Å². The Bertz CT molecular complexity index is 447. The van der Waals surface area contributed by atoms with Gasteiger partial charge in [-0.1, -0.05) is 29.8 Å². The molecule has 1 aromatic carbocycles. The molecular weight excluding hydrogens is 210 g/mol. The standard InChI is InChI=1S/C15H16BF/c1-4-7-11-10-14(16)12(8-5-2)13(9-6-3)15(11)17/h4-6,10H,1-3,7-9H2. The van der Waals surface area contributed by atoms with E-state index in [0.29, 0.717) is 35.9 Å². The lowest BCUT2D eigenvalue weighted by Gasteiger charge is -2.15. The summed E-state index contributed by atoms with van der Waals surface area (Å²) < 4.78 is 14.2. The molecule has 0 bridgehead atoms. The van der Waals surface area contributed by atoms with Crippen molar-refractivity contribution in [1.82, 2.24) is 0 Å². The summed E-state index contributed by atoms with van der Waals surface area (Å²) in [6, 6.07) is 1.68. The number of halogens is 1. The normalized spacial score (nSPS) is 9.94. The zero-order chi connectivity index (χ0) is 12.8. The SMILES string of the molecule is [B]c1cc(CC=C)c(F)c(CC=C)c1CC=C. The van der Waals surface area contributed by atoms with E-state index >= 15 is 0 Å². The minimum Gasteiger partial charge on any atom is -0.206 e. The third-order valence-corrected chi connectivity index (χ3v) is 2.65. The number of allylic oxidation sites excluding steroid dienone is 3. The third kappa shape index (κ3) is 2.97. The highest BCUT2D eigenvalue weighted by molar-refractivity contribution is 6.33. The largest absolute Gasteiger partial charge is 0.206 e. The molecule has 86 valence electrons. The fraction of sp³-hybridized carbons (Fsp3) is 0.200. The first-order valence-corrected chi connectivity index (χ1v) is 5.57. The summed E-state index contributed by atoms with van der Waals surface area (Å²) in [5, 5.41) is 0. The smallest absolute Gasteiger partial charge is 0.130 e. The van der Waals surface area contributed by atoms with Gasteiger partial charge in [0, 0.05) is 0 Å². The molecule has 1 rings (SSSR count). The Morgan fingerprint density at radius 1 is 1.00 bits per heavy atom. The fourth-order valence-electron chi connectivity index (χ4n) is 1.89. The first kappa shape index (κ1) is 13.5. The van der Waals surface area contributed by atoms with E-state index in [1.54, 1.807) is 24.3 Å². The first-order chi connectivity index (χ1) is 8.15. The molecular formula is C15H16BF. The van der Waals surface area contributed by atoms with Crippen molar-refractivity contribution in [2.75, 3.05) is 0 Å². The van der Waals surface area contributed by atoms with Crippen molar-refractivity contribution in [1.29, 1.82) is 0 Å². The van der Waals surface area contributed by atoms with Gasteiger partial charge in [0.15, 0.2) is 0 Å². The van der Waals surface area contributed by atoms with Crippen LogP contribution in [0.1, 0.15) is 16.7 Å². The topological polar surface area (TPSA) is 0 Å². The second-order valence-corrected chi connectivity index (χ2v) is 3.87. The Morgan fingerprint density at radius 2 is 1.53 bits per heavy atom. The van der Waals surface area contributed by atoms with Crippen LogP contribution in [0, 0.1) is 5.82 Å². The quantitative estimate of drug-likeness (QED) is 0.516. The summed E-state index contributed by atoms with van der Waals surface area (Å²) in [5.74, 6) is -0.198. The molecule has 0 amide bonds. The summed E-state index contributed by atoms with van der Waals surface area (Å²) in [7, 11) is 5.95. The summed E-state index contributed by atoms with van der Waals surface area (Å²) in [6.45, 7) is 10.9. The van der Waals surface area contributed by atoms with E-state index in [1.165, 1.54) is 0 Å². The fourth-order valence-corrected chi connectivity index (χ4v) is 1.89. The second-order valence-electron chi connectivity index (χ2n) is 3.87. The van der Waals surface area contributed by atoms with Crippen molar-refractivity contribution < 1.29 is 4.39 Å². The van der Waals surface area contributed by atoms with E-state index in [2.05, 4.69) is 19.7 Å². The van der Waals surface area contributed by atoms with Gasteiger partial charge in [-0.3, -0.25) is 0 Å². The number of rotatable bonds is 6. The second kappa shape index (κ2) is 6.24. The van der Waals surface area contributed by atoms with Crippen LogP contribution in [-0.2, 0) is 19.3 Å². The number of hydrogen-bond acceptors (Lipinski definition) is 0. The zero-order valence-corrected chi connectivity index (χ0v) is 10.0. The van der Waals surface area contributed by atoms with E-state index < -0.39 is 0 Å². The molecule has 0 N–H and O–H groups in total. The van der Waals surface area contributed by atoms with Gasteiger partial charge in [-0.25, -0.2) is 4.39 Å².